The minimum Gasteiger partial charge on any atom is -0.455 e. The SMILES string of the molecule is CNC(=O)C[C@@H]1C[C@@H](c2ccc(F)c(F)c2)[C@H](NC(=O)c2cc3c(o2)CCCn2ncc(Cl)c2-3)CN1. The monoisotopic (exact) mass is 517 g/mol. The summed E-state index contributed by atoms with van der Waals surface area (Å²) < 4.78 is 35.4. The molecule has 0 aliphatic carbocycles. The van der Waals surface area contributed by atoms with Crippen LogP contribution in [0.3, 0.4) is 0 Å². The van der Waals surface area contributed by atoms with Gasteiger partial charge in [0.25, 0.3) is 5.91 Å². The highest BCUT2D eigenvalue weighted by atomic mass is 35.5. The fourth-order valence-corrected chi connectivity index (χ4v) is 5.33. The fraction of sp³-hybridized carbons (Fsp3) is 0.400. The van der Waals surface area contributed by atoms with Crippen LogP contribution in [0.15, 0.2) is 34.9 Å². The largest absolute Gasteiger partial charge is 0.455 e. The number of halogens is 3. The summed E-state index contributed by atoms with van der Waals surface area (Å²) in [5.41, 5.74) is 2.02. The Balaban J connectivity index is 1.39. The Morgan fingerprint density at radius 1 is 1.28 bits per heavy atom. The van der Waals surface area contributed by atoms with Crippen molar-refractivity contribution in [2.24, 2.45) is 0 Å². The van der Waals surface area contributed by atoms with E-state index in [-0.39, 0.29) is 30.0 Å². The van der Waals surface area contributed by atoms with Crippen LogP contribution in [-0.4, -0.2) is 47.3 Å². The van der Waals surface area contributed by atoms with Gasteiger partial charge in [0.15, 0.2) is 17.4 Å². The second-order valence-corrected chi connectivity index (χ2v) is 9.60. The first kappa shape index (κ1) is 24.5. The maximum Gasteiger partial charge on any atom is 0.287 e. The van der Waals surface area contributed by atoms with Gasteiger partial charge in [-0.15, -0.1) is 0 Å². The lowest BCUT2D eigenvalue weighted by Crippen LogP contribution is -2.54. The van der Waals surface area contributed by atoms with E-state index >= 15 is 0 Å². The molecule has 0 unspecified atom stereocenters. The summed E-state index contributed by atoms with van der Waals surface area (Å²) in [4.78, 5) is 25.2. The van der Waals surface area contributed by atoms with E-state index in [1.807, 2.05) is 4.68 Å². The van der Waals surface area contributed by atoms with Gasteiger partial charge in [-0.1, -0.05) is 17.7 Å². The summed E-state index contributed by atoms with van der Waals surface area (Å²) in [5.74, 6) is -1.98. The van der Waals surface area contributed by atoms with Crippen LogP contribution in [0.4, 0.5) is 8.78 Å². The molecule has 2 aliphatic rings. The van der Waals surface area contributed by atoms with Gasteiger partial charge in [-0.2, -0.15) is 5.10 Å². The van der Waals surface area contributed by atoms with E-state index in [2.05, 4.69) is 21.0 Å². The van der Waals surface area contributed by atoms with Crippen LogP contribution in [-0.2, 0) is 17.8 Å². The van der Waals surface area contributed by atoms with Crippen LogP contribution in [0.1, 0.15) is 47.1 Å². The second kappa shape index (κ2) is 10.0. The van der Waals surface area contributed by atoms with E-state index in [1.54, 1.807) is 19.3 Å². The summed E-state index contributed by atoms with van der Waals surface area (Å²) in [6.07, 6.45) is 3.70. The van der Waals surface area contributed by atoms with Crippen LogP contribution >= 0.6 is 11.6 Å². The number of carbonyl (C=O) groups is 2. The first-order valence-electron chi connectivity index (χ1n) is 11.9. The molecule has 3 aromatic rings. The zero-order valence-corrected chi connectivity index (χ0v) is 20.4. The average Bonchev–Trinajstić information content (AvgIpc) is 3.40. The van der Waals surface area contributed by atoms with Crippen molar-refractivity contribution < 1.29 is 22.8 Å². The Kier molecular flexibility index (Phi) is 6.81. The van der Waals surface area contributed by atoms with Crippen LogP contribution < -0.4 is 16.0 Å². The molecule has 5 rings (SSSR count). The van der Waals surface area contributed by atoms with Crippen LogP contribution in [0.2, 0.25) is 5.02 Å². The smallest absolute Gasteiger partial charge is 0.287 e. The lowest BCUT2D eigenvalue weighted by atomic mass is 9.81. The molecule has 0 saturated carbocycles. The molecule has 3 N–H and O–H groups in total. The zero-order valence-electron chi connectivity index (χ0n) is 19.6. The molecule has 190 valence electrons. The average molecular weight is 518 g/mol. The maximum atomic E-state index is 14.1. The Hall–Kier alpha value is -3.24. The Morgan fingerprint density at radius 2 is 2.11 bits per heavy atom. The molecule has 4 heterocycles. The molecular weight excluding hydrogens is 492 g/mol. The molecule has 36 heavy (non-hydrogen) atoms. The minimum atomic E-state index is -0.956. The first-order chi connectivity index (χ1) is 17.3. The van der Waals surface area contributed by atoms with Gasteiger partial charge in [0.1, 0.15) is 5.76 Å². The normalized spacial score (nSPS) is 21.3. The number of aromatic nitrogens is 2. The number of benzene rings is 1. The molecule has 1 aromatic carbocycles. The van der Waals surface area contributed by atoms with Crippen LogP contribution in [0, 0.1) is 11.6 Å². The number of furan rings is 1. The number of piperidine rings is 1. The highest BCUT2D eigenvalue weighted by Crippen LogP contribution is 2.36. The molecule has 8 nitrogen and oxygen atoms in total. The van der Waals surface area contributed by atoms with E-state index in [0.717, 1.165) is 29.8 Å². The lowest BCUT2D eigenvalue weighted by molar-refractivity contribution is -0.121. The summed E-state index contributed by atoms with van der Waals surface area (Å²) in [5, 5.41) is 13.7. The van der Waals surface area contributed by atoms with Crippen molar-refractivity contribution in [3.8, 4) is 11.3 Å². The maximum absolute atomic E-state index is 14.1. The third kappa shape index (κ3) is 4.75. The van der Waals surface area contributed by atoms with E-state index in [9.17, 15) is 18.4 Å². The van der Waals surface area contributed by atoms with Crippen LogP contribution in [0.25, 0.3) is 11.3 Å². The van der Waals surface area contributed by atoms with Crippen molar-refractivity contribution in [1.29, 1.82) is 0 Å². The topological polar surface area (TPSA) is 101 Å². The summed E-state index contributed by atoms with van der Waals surface area (Å²) in [6, 6.07) is 4.80. The fourth-order valence-electron chi connectivity index (χ4n) is 5.09. The molecular formula is C25H26ClF2N5O3. The third-order valence-corrected chi connectivity index (χ3v) is 7.18. The Morgan fingerprint density at radius 3 is 2.89 bits per heavy atom. The van der Waals surface area contributed by atoms with Gasteiger partial charge in [-0.3, -0.25) is 14.3 Å². The van der Waals surface area contributed by atoms with Crippen molar-refractivity contribution in [3.63, 3.8) is 0 Å². The first-order valence-corrected chi connectivity index (χ1v) is 12.3. The van der Waals surface area contributed by atoms with Gasteiger partial charge < -0.3 is 20.4 Å². The summed E-state index contributed by atoms with van der Waals surface area (Å²) >= 11 is 6.35. The van der Waals surface area contributed by atoms with Crippen molar-refractivity contribution in [3.05, 3.63) is 64.2 Å². The number of carbonyl (C=O) groups excluding carboxylic acids is 2. The number of nitrogens with one attached hydrogen (secondary N) is 3. The minimum absolute atomic E-state index is 0.131. The zero-order chi connectivity index (χ0) is 25.4. The van der Waals surface area contributed by atoms with Gasteiger partial charge in [0.2, 0.25) is 5.91 Å². The number of hydrogen-bond donors (Lipinski definition) is 3. The van der Waals surface area contributed by atoms with Crippen molar-refractivity contribution in [1.82, 2.24) is 25.7 Å². The molecule has 0 spiro atoms. The molecule has 3 atom stereocenters. The molecule has 1 fully saturated rings. The lowest BCUT2D eigenvalue weighted by Gasteiger charge is -2.37. The van der Waals surface area contributed by atoms with Gasteiger partial charge in [-0.25, -0.2) is 8.78 Å². The Bertz CT molecular complexity index is 1310. The highest BCUT2D eigenvalue weighted by molar-refractivity contribution is 6.33. The predicted octanol–water partition coefficient (Wildman–Crippen LogP) is 3.40. The quantitative estimate of drug-likeness (QED) is 0.481. The number of hydrogen-bond acceptors (Lipinski definition) is 5. The number of nitrogens with zero attached hydrogens (tertiary/aromatic N) is 2. The van der Waals surface area contributed by atoms with Gasteiger partial charge in [0.05, 0.1) is 16.9 Å². The summed E-state index contributed by atoms with van der Waals surface area (Å²) in [6.45, 7) is 1.05. The molecule has 2 aromatic heterocycles. The standard InChI is InChI=1S/C25H26ClF2N5O3/c1-29-23(34)9-14-8-15(13-4-5-18(27)19(28)7-13)20(12-30-14)32-25(35)22-10-16-21(36-22)3-2-6-33-24(16)17(26)11-31-33/h4-5,7,10-11,14-15,20,30H,2-3,6,8-9,12H2,1H3,(H,29,34)(H,32,35)/t14-,15-,20+/m0/s1. The van der Waals surface area contributed by atoms with Crippen molar-refractivity contribution in [2.75, 3.05) is 13.6 Å². The molecule has 0 bridgehead atoms. The molecule has 11 heteroatoms. The van der Waals surface area contributed by atoms with E-state index in [1.165, 1.54) is 6.07 Å². The number of amides is 2. The number of fused-ring (bicyclic) bond motifs is 3. The van der Waals surface area contributed by atoms with E-state index < -0.39 is 23.6 Å². The number of rotatable bonds is 5. The number of aryl methyl sites for hydroxylation is 2. The molecule has 1 saturated heterocycles. The van der Waals surface area contributed by atoms with Gasteiger partial charge in [0, 0.05) is 56.5 Å². The second-order valence-electron chi connectivity index (χ2n) is 9.19. The van der Waals surface area contributed by atoms with Crippen LogP contribution in [0.5, 0.6) is 0 Å². The van der Waals surface area contributed by atoms with Gasteiger partial charge >= 0.3 is 0 Å². The Labute approximate surface area is 211 Å². The van der Waals surface area contributed by atoms with Crippen molar-refractivity contribution in [2.45, 2.75) is 50.2 Å². The van der Waals surface area contributed by atoms with Crippen molar-refractivity contribution >= 4 is 23.4 Å². The molecule has 0 radical (unpaired) electrons. The molecule has 2 aliphatic heterocycles. The molecule has 2 amide bonds. The van der Waals surface area contributed by atoms with Gasteiger partial charge in [-0.05, 0) is 36.6 Å². The highest BCUT2D eigenvalue weighted by Gasteiger charge is 2.35. The predicted molar refractivity (Wildman–Crippen MR) is 129 cm³/mol. The summed E-state index contributed by atoms with van der Waals surface area (Å²) in [7, 11) is 1.56. The third-order valence-electron chi connectivity index (χ3n) is 6.91. The van der Waals surface area contributed by atoms with E-state index in [0.29, 0.717) is 42.3 Å². The van der Waals surface area contributed by atoms with E-state index in [4.69, 9.17) is 16.0 Å².